The third-order valence-corrected chi connectivity index (χ3v) is 6.92. The third kappa shape index (κ3) is 6.91. The summed E-state index contributed by atoms with van der Waals surface area (Å²) in [5.41, 5.74) is 2.07. The molecule has 2 saturated carbocycles. The van der Waals surface area contributed by atoms with Gasteiger partial charge in [-0.05, 0) is 25.7 Å². The van der Waals surface area contributed by atoms with Crippen LogP contribution in [-0.4, -0.2) is 62.5 Å². The van der Waals surface area contributed by atoms with E-state index >= 15 is 0 Å². The molecule has 2 N–H and O–H groups in total. The average Bonchev–Trinajstić information content (AvgIpc) is 3.49. The van der Waals surface area contributed by atoms with Crippen LogP contribution in [0.3, 0.4) is 0 Å². The maximum absolute atomic E-state index is 11.2. The van der Waals surface area contributed by atoms with Crippen molar-refractivity contribution in [1.82, 2.24) is 19.6 Å². The van der Waals surface area contributed by atoms with Crippen LogP contribution in [-0.2, 0) is 22.5 Å². The van der Waals surface area contributed by atoms with Crippen LogP contribution in [0.1, 0.15) is 108 Å². The van der Waals surface area contributed by atoms with E-state index in [1.807, 2.05) is 9.36 Å². The molecular weight excluding hydrogens is 452 g/mol. The van der Waals surface area contributed by atoms with Crippen LogP contribution in [0.2, 0.25) is 0 Å². The lowest BCUT2D eigenvalue weighted by Crippen LogP contribution is -2.18. The normalized spacial score (nSPS) is 17.1. The Bertz CT molecular complexity index is 957. The standard InChI is InChI=1S/C13H20N2O3.C12H18N2O3/c1-18-8-7-12-11(13(16)17)9-14-15(12)10-5-3-2-4-6-10;1-17-8-11-10(12(15)16)7-13-14(11)9-5-3-2-4-6-9/h9-10H,2-8H2,1H3,(H,16,17);7,9H,2-6,8H2,1H3,(H,15,16). The van der Waals surface area contributed by atoms with E-state index in [1.165, 1.54) is 50.9 Å². The molecule has 2 fully saturated rings. The molecule has 0 atom stereocenters. The summed E-state index contributed by atoms with van der Waals surface area (Å²) < 4.78 is 13.9. The fourth-order valence-corrected chi connectivity index (χ4v) is 5.14. The van der Waals surface area contributed by atoms with Gasteiger partial charge >= 0.3 is 11.9 Å². The molecule has 0 unspecified atom stereocenters. The molecule has 0 aliphatic heterocycles. The number of carboxylic acids is 2. The molecule has 4 rings (SSSR count). The van der Waals surface area contributed by atoms with Crippen LogP contribution in [0.4, 0.5) is 0 Å². The van der Waals surface area contributed by atoms with E-state index in [0.29, 0.717) is 43.0 Å². The van der Waals surface area contributed by atoms with Crippen molar-refractivity contribution >= 4 is 11.9 Å². The summed E-state index contributed by atoms with van der Waals surface area (Å²) in [7, 11) is 3.20. The Hall–Kier alpha value is -2.72. The van der Waals surface area contributed by atoms with Crippen LogP contribution in [0.15, 0.2) is 12.4 Å². The zero-order chi connectivity index (χ0) is 25.2. The van der Waals surface area contributed by atoms with E-state index < -0.39 is 11.9 Å². The first kappa shape index (κ1) is 26.9. The Morgan fingerprint density at radius 1 is 0.800 bits per heavy atom. The molecule has 0 aromatic carbocycles. The number of aromatic nitrogens is 4. The molecule has 2 aliphatic carbocycles. The number of hydrogen-bond donors (Lipinski definition) is 2. The summed E-state index contributed by atoms with van der Waals surface area (Å²) in [6, 6.07) is 0.695. The van der Waals surface area contributed by atoms with Gasteiger partial charge in [0.2, 0.25) is 0 Å². The monoisotopic (exact) mass is 490 g/mol. The molecular formula is C25H38N4O6. The highest BCUT2D eigenvalue weighted by atomic mass is 16.5. The molecule has 2 aromatic rings. The van der Waals surface area contributed by atoms with Gasteiger partial charge in [-0.3, -0.25) is 9.36 Å². The summed E-state index contributed by atoms with van der Waals surface area (Å²) in [5.74, 6) is -1.83. The molecule has 2 aromatic heterocycles. The van der Waals surface area contributed by atoms with Gasteiger partial charge in [-0.2, -0.15) is 10.2 Å². The predicted molar refractivity (Wildman–Crippen MR) is 129 cm³/mol. The van der Waals surface area contributed by atoms with Crippen molar-refractivity contribution in [2.45, 2.75) is 89.3 Å². The van der Waals surface area contributed by atoms with E-state index in [9.17, 15) is 14.7 Å². The Labute approximate surface area is 206 Å². The molecule has 194 valence electrons. The van der Waals surface area contributed by atoms with Gasteiger partial charge in [0.15, 0.2) is 0 Å². The second kappa shape index (κ2) is 13.4. The Morgan fingerprint density at radius 3 is 1.69 bits per heavy atom. The third-order valence-electron chi connectivity index (χ3n) is 6.92. The lowest BCUT2D eigenvalue weighted by Gasteiger charge is -2.24. The average molecular weight is 491 g/mol. The van der Waals surface area contributed by atoms with Gasteiger partial charge in [0.25, 0.3) is 0 Å². The minimum atomic E-state index is -0.931. The highest BCUT2D eigenvalue weighted by molar-refractivity contribution is 5.89. The lowest BCUT2D eigenvalue weighted by atomic mass is 9.95. The van der Waals surface area contributed by atoms with E-state index in [0.717, 1.165) is 31.4 Å². The maximum Gasteiger partial charge on any atom is 0.339 e. The van der Waals surface area contributed by atoms with Gasteiger partial charge in [-0.15, -0.1) is 0 Å². The SMILES string of the molecule is COCCc1c(C(=O)O)cnn1C1CCCCC1.COCc1c(C(=O)O)cnn1C1CCCCC1. The molecule has 0 saturated heterocycles. The van der Waals surface area contributed by atoms with Gasteiger partial charge in [0.1, 0.15) is 11.1 Å². The van der Waals surface area contributed by atoms with Crippen LogP contribution in [0.25, 0.3) is 0 Å². The number of ether oxygens (including phenoxy) is 2. The molecule has 0 bridgehead atoms. The largest absolute Gasteiger partial charge is 0.478 e. The molecule has 2 aliphatic rings. The van der Waals surface area contributed by atoms with Gasteiger partial charge in [0, 0.05) is 20.6 Å². The first-order chi connectivity index (χ1) is 17.0. The van der Waals surface area contributed by atoms with Crippen molar-refractivity contribution in [2.24, 2.45) is 0 Å². The number of rotatable bonds is 9. The number of nitrogens with zero attached hydrogens (tertiary/aromatic N) is 4. The Balaban J connectivity index is 0.000000196. The lowest BCUT2D eigenvalue weighted by molar-refractivity contribution is 0.0681. The smallest absolute Gasteiger partial charge is 0.339 e. The van der Waals surface area contributed by atoms with Crippen molar-refractivity contribution in [3.05, 3.63) is 34.9 Å². The topological polar surface area (TPSA) is 129 Å². The summed E-state index contributed by atoms with van der Waals surface area (Å²) in [4.78, 5) is 22.3. The summed E-state index contributed by atoms with van der Waals surface area (Å²) in [6.07, 6.45) is 15.2. The van der Waals surface area contributed by atoms with E-state index in [4.69, 9.17) is 14.6 Å². The second-order valence-corrected chi connectivity index (χ2v) is 9.27. The van der Waals surface area contributed by atoms with Crippen molar-refractivity contribution in [3.63, 3.8) is 0 Å². The molecule has 0 radical (unpaired) electrons. The van der Waals surface area contributed by atoms with E-state index in [2.05, 4.69) is 10.2 Å². The van der Waals surface area contributed by atoms with E-state index in [-0.39, 0.29) is 5.56 Å². The molecule has 2 heterocycles. The van der Waals surface area contributed by atoms with Gasteiger partial charge < -0.3 is 19.7 Å². The predicted octanol–water partition coefficient (Wildman–Crippen LogP) is 4.51. The minimum Gasteiger partial charge on any atom is -0.478 e. The Morgan fingerprint density at radius 2 is 1.26 bits per heavy atom. The highest BCUT2D eigenvalue weighted by Crippen LogP contribution is 2.30. The number of carbonyl (C=O) groups is 2. The van der Waals surface area contributed by atoms with Crippen molar-refractivity contribution in [2.75, 3.05) is 20.8 Å². The van der Waals surface area contributed by atoms with Crippen molar-refractivity contribution in [1.29, 1.82) is 0 Å². The molecule has 0 amide bonds. The van der Waals surface area contributed by atoms with Gasteiger partial charge in [0.05, 0.1) is 49.1 Å². The number of aromatic carboxylic acids is 2. The first-order valence-electron chi connectivity index (χ1n) is 12.5. The van der Waals surface area contributed by atoms with Crippen LogP contribution >= 0.6 is 0 Å². The zero-order valence-corrected chi connectivity index (χ0v) is 20.8. The summed E-state index contributed by atoms with van der Waals surface area (Å²) in [5, 5.41) is 26.8. The van der Waals surface area contributed by atoms with Gasteiger partial charge in [-0.1, -0.05) is 38.5 Å². The minimum absolute atomic E-state index is 0.262. The second-order valence-electron chi connectivity index (χ2n) is 9.27. The zero-order valence-electron chi connectivity index (χ0n) is 20.8. The fourth-order valence-electron chi connectivity index (χ4n) is 5.14. The highest BCUT2D eigenvalue weighted by Gasteiger charge is 2.24. The van der Waals surface area contributed by atoms with Crippen LogP contribution in [0.5, 0.6) is 0 Å². The van der Waals surface area contributed by atoms with E-state index in [1.54, 1.807) is 14.2 Å². The summed E-state index contributed by atoms with van der Waals surface area (Å²) in [6.45, 7) is 0.830. The maximum atomic E-state index is 11.2. The first-order valence-corrected chi connectivity index (χ1v) is 12.5. The number of hydrogen-bond acceptors (Lipinski definition) is 6. The van der Waals surface area contributed by atoms with Gasteiger partial charge in [-0.25, -0.2) is 9.59 Å². The molecule has 10 nitrogen and oxygen atoms in total. The molecule has 10 heteroatoms. The Kier molecular flexibility index (Phi) is 10.3. The quantitative estimate of drug-likeness (QED) is 0.525. The van der Waals surface area contributed by atoms with Crippen LogP contribution in [0, 0.1) is 0 Å². The van der Waals surface area contributed by atoms with Crippen molar-refractivity contribution < 1.29 is 29.3 Å². The van der Waals surface area contributed by atoms with Crippen molar-refractivity contribution in [3.8, 4) is 0 Å². The fraction of sp³-hybridized carbons (Fsp3) is 0.680. The molecule has 0 spiro atoms. The number of carboxylic acid groups (broad SMARTS) is 2. The van der Waals surface area contributed by atoms with Crippen LogP contribution < -0.4 is 0 Å². The molecule has 35 heavy (non-hydrogen) atoms. The number of methoxy groups -OCH3 is 2. The summed E-state index contributed by atoms with van der Waals surface area (Å²) >= 11 is 0.